The summed E-state index contributed by atoms with van der Waals surface area (Å²) in [6, 6.07) is 4.00. The van der Waals surface area contributed by atoms with E-state index in [2.05, 4.69) is 6.92 Å². The second-order valence-electron chi connectivity index (χ2n) is 6.04. The molecule has 2 heterocycles. The van der Waals surface area contributed by atoms with Gasteiger partial charge in [0, 0.05) is 30.8 Å². The molecular formula is C17H20ClNO2. The van der Waals surface area contributed by atoms with E-state index in [0.717, 1.165) is 36.2 Å². The lowest BCUT2D eigenvalue weighted by Crippen LogP contribution is -2.40. The molecule has 3 rings (SSSR count). The van der Waals surface area contributed by atoms with Crippen molar-refractivity contribution in [2.75, 3.05) is 17.3 Å². The number of alkyl halides is 1. The molecule has 0 saturated carbocycles. The van der Waals surface area contributed by atoms with E-state index >= 15 is 0 Å². The summed E-state index contributed by atoms with van der Waals surface area (Å²) in [5.41, 5.74) is 4.20. The number of Topliss-reactive ketones (excluding diaryl/α,β-unsaturated/α-hetero) is 1. The molecule has 2 aliphatic rings. The van der Waals surface area contributed by atoms with Gasteiger partial charge >= 0.3 is 0 Å². The van der Waals surface area contributed by atoms with Crippen molar-refractivity contribution in [1.82, 2.24) is 0 Å². The van der Waals surface area contributed by atoms with Crippen LogP contribution in [0.1, 0.15) is 60.0 Å². The number of ketones is 1. The van der Waals surface area contributed by atoms with Gasteiger partial charge in [-0.25, -0.2) is 0 Å². The summed E-state index contributed by atoms with van der Waals surface area (Å²) in [7, 11) is 0. The van der Waals surface area contributed by atoms with Crippen LogP contribution in [-0.4, -0.2) is 24.1 Å². The van der Waals surface area contributed by atoms with Gasteiger partial charge in [-0.15, -0.1) is 11.6 Å². The first-order valence-electron chi connectivity index (χ1n) is 7.68. The van der Waals surface area contributed by atoms with Crippen molar-refractivity contribution in [2.24, 2.45) is 0 Å². The van der Waals surface area contributed by atoms with Crippen LogP contribution in [0, 0.1) is 0 Å². The lowest BCUT2D eigenvalue weighted by molar-refractivity contribution is -0.119. The average molecular weight is 306 g/mol. The SMILES string of the molecule is CC1CC(=O)N2CCCc3cc(C(=O)CCCCl)cc1c32. The minimum absolute atomic E-state index is 0.163. The fourth-order valence-corrected chi connectivity index (χ4v) is 3.55. The van der Waals surface area contributed by atoms with Crippen LogP contribution < -0.4 is 4.90 Å². The van der Waals surface area contributed by atoms with E-state index in [-0.39, 0.29) is 17.6 Å². The Balaban J connectivity index is 2.03. The third-order valence-corrected chi connectivity index (χ3v) is 4.76. The molecule has 1 aromatic rings. The van der Waals surface area contributed by atoms with Gasteiger partial charge in [0.15, 0.2) is 5.78 Å². The van der Waals surface area contributed by atoms with Gasteiger partial charge in [-0.05, 0) is 48.4 Å². The highest BCUT2D eigenvalue weighted by molar-refractivity contribution is 6.18. The van der Waals surface area contributed by atoms with Gasteiger partial charge in [0.1, 0.15) is 0 Å². The number of aryl methyl sites for hydroxylation is 1. The zero-order chi connectivity index (χ0) is 15.0. The summed E-state index contributed by atoms with van der Waals surface area (Å²) in [5, 5.41) is 0. The van der Waals surface area contributed by atoms with E-state index in [1.165, 1.54) is 5.56 Å². The topological polar surface area (TPSA) is 37.4 Å². The van der Waals surface area contributed by atoms with Crippen molar-refractivity contribution in [2.45, 2.75) is 44.9 Å². The number of carbonyl (C=O) groups is 2. The molecule has 2 aliphatic heterocycles. The standard InChI is InChI=1S/C17H20ClNO2/c1-11-8-16(21)19-7-3-4-12-9-13(10-14(11)17(12)19)15(20)5-2-6-18/h9-11H,2-8H2,1H3. The molecule has 21 heavy (non-hydrogen) atoms. The van der Waals surface area contributed by atoms with Crippen LogP contribution in [0.25, 0.3) is 0 Å². The van der Waals surface area contributed by atoms with Crippen molar-refractivity contribution >= 4 is 29.0 Å². The van der Waals surface area contributed by atoms with E-state index in [9.17, 15) is 9.59 Å². The summed E-state index contributed by atoms with van der Waals surface area (Å²) < 4.78 is 0. The smallest absolute Gasteiger partial charge is 0.227 e. The minimum Gasteiger partial charge on any atom is -0.312 e. The first kappa shape index (κ1) is 14.6. The van der Waals surface area contributed by atoms with Crippen molar-refractivity contribution in [3.63, 3.8) is 0 Å². The van der Waals surface area contributed by atoms with Crippen molar-refractivity contribution in [3.8, 4) is 0 Å². The predicted molar refractivity (Wildman–Crippen MR) is 84.4 cm³/mol. The largest absolute Gasteiger partial charge is 0.312 e. The number of benzene rings is 1. The second kappa shape index (κ2) is 5.80. The van der Waals surface area contributed by atoms with Crippen LogP contribution in [0.15, 0.2) is 12.1 Å². The highest BCUT2D eigenvalue weighted by atomic mass is 35.5. The second-order valence-corrected chi connectivity index (χ2v) is 6.42. The highest BCUT2D eigenvalue weighted by Crippen LogP contribution is 2.41. The number of halogens is 1. The molecule has 112 valence electrons. The number of rotatable bonds is 4. The molecule has 0 bridgehead atoms. The van der Waals surface area contributed by atoms with Gasteiger partial charge in [0.05, 0.1) is 5.69 Å². The van der Waals surface area contributed by atoms with Crippen molar-refractivity contribution in [1.29, 1.82) is 0 Å². The Morgan fingerprint density at radius 3 is 3.00 bits per heavy atom. The molecule has 3 nitrogen and oxygen atoms in total. The zero-order valence-corrected chi connectivity index (χ0v) is 13.1. The lowest BCUT2D eigenvalue weighted by Gasteiger charge is -2.38. The van der Waals surface area contributed by atoms with Crippen molar-refractivity contribution < 1.29 is 9.59 Å². The number of anilines is 1. The summed E-state index contributed by atoms with van der Waals surface area (Å²) in [6.45, 7) is 2.89. The number of nitrogens with zero attached hydrogens (tertiary/aromatic N) is 1. The molecule has 1 amide bonds. The lowest BCUT2D eigenvalue weighted by atomic mass is 9.83. The van der Waals surface area contributed by atoms with Gasteiger partial charge in [-0.1, -0.05) is 6.92 Å². The Labute approximate surface area is 130 Å². The Morgan fingerprint density at radius 1 is 1.43 bits per heavy atom. The van der Waals surface area contributed by atoms with Crippen LogP contribution in [0.5, 0.6) is 0 Å². The zero-order valence-electron chi connectivity index (χ0n) is 12.3. The molecule has 0 fully saturated rings. The maximum absolute atomic E-state index is 12.3. The molecule has 1 aromatic carbocycles. The predicted octanol–water partition coefficient (Wildman–Crippen LogP) is 3.67. The molecule has 4 heteroatoms. The fourth-order valence-electron chi connectivity index (χ4n) is 3.42. The number of amides is 1. The van der Waals surface area contributed by atoms with Gasteiger partial charge in [-0.3, -0.25) is 9.59 Å². The van der Waals surface area contributed by atoms with Crippen LogP contribution >= 0.6 is 11.6 Å². The fraction of sp³-hybridized carbons (Fsp3) is 0.529. The first-order valence-corrected chi connectivity index (χ1v) is 8.21. The summed E-state index contributed by atoms with van der Waals surface area (Å²) in [5.74, 6) is 1.09. The van der Waals surface area contributed by atoms with E-state index in [1.807, 2.05) is 17.0 Å². The molecule has 0 radical (unpaired) electrons. The molecular weight excluding hydrogens is 286 g/mol. The molecule has 1 atom stereocenters. The number of carbonyl (C=O) groups excluding carboxylic acids is 2. The van der Waals surface area contributed by atoms with E-state index < -0.39 is 0 Å². The first-order chi connectivity index (χ1) is 10.1. The molecule has 0 saturated heterocycles. The van der Waals surface area contributed by atoms with E-state index in [1.54, 1.807) is 0 Å². The number of hydrogen-bond donors (Lipinski definition) is 0. The summed E-state index contributed by atoms with van der Waals surface area (Å²) in [4.78, 5) is 26.4. The molecule has 0 spiro atoms. The highest BCUT2D eigenvalue weighted by Gasteiger charge is 2.33. The summed E-state index contributed by atoms with van der Waals surface area (Å²) in [6.07, 6.45) is 3.69. The molecule has 1 unspecified atom stereocenters. The van der Waals surface area contributed by atoms with Gasteiger partial charge in [0.2, 0.25) is 5.91 Å². The average Bonchev–Trinajstić information content (AvgIpc) is 2.49. The third kappa shape index (κ3) is 2.59. The van der Waals surface area contributed by atoms with Gasteiger partial charge in [0.25, 0.3) is 0 Å². The maximum atomic E-state index is 12.3. The van der Waals surface area contributed by atoms with Crippen LogP contribution in [0.3, 0.4) is 0 Å². The Morgan fingerprint density at radius 2 is 2.24 bits per heavy atom. The number of hydrogen-bond acceptors (Lipinski definition) is 2. The quantitative estimate of drug-likeness (QED) is 0.628. The Hall–Kier alpha value is -1.35. The molecule has 0 N–H and O–H groups in total. The Bertz CT molecular complexity index is 597. The third-order valence-electron chi connectivity index (χ3n) is 4.49. The molecule has 0 aromatic heterocycles. The Kier molecular flexibility index (Phi) is 4.03. The summed E-state index contributed by atoms with van der Waals surface area (Å²) >= 11 is 5.68. The van der Waals surface area contributed by atoms with E-state index in [4.69, 9.17) is 11.6 Å². The van der Waals surface area contributed by atoms with Crippen LogP contribution in [-0.2, 0) is 11.2 Å². The normalized spacial score (nSPS) is 20.4. The van der Waals surface area contributed by atoms with Crippen LogP contribution in [0.4, 0.5) is 5.69 Å². The monoisotopic (exact) mass is 305 g/mol. The van der Waals surface area contributed by atoms with E-state index in [0.29, 0.717) is 25.1 Å². The van der Waals surface area contributed by atoms with Crippen LogP contribution in [0.2, 0.25) is 0 Å². The van der Waals surface area contributed by atoms with Crippen molar-refractivity contribution in [3.05, 3.63) is 28.8 Å². The maximum Gasteiger partial charge on any atom is 0.227 e. The van der Waals surface area contributed by atoms with Gasteiger partial charge < -0.3 is 4.90 Å². The van der Waals surface area contributed by atoms with Gasteiger partial charge in [-0.2, -0.15) is 0 Å². The minimum atomic E-state index is 0.163. The molecule has 0 aliphatic carbocycles.